The van der Waals surface area contributed by atoms with Crippen LogP contribution in [0.15, 0.2) is 41.1 Å². The highest BCUT2D eigenvalue weighted by Crippen LogP contribution is 2.29. The van der Waals surface area contributed by atoms with Gasteiger partial charge in [0.1, 0.15) is 0 Å². The first-order valence-corrected chi connectivity index (χ1v) is 11.6. The van der Waals surface area contributed by atoms with Gasteiger partial charge in [0, 0.05) is 0 Å². The summed E-state index contributed by atoms with van der Waals surface area (Å²) in [5, 5.41) is 1.24. The van der Waals surface area contributed by atoms with Gasteiger partial charge in [-0.15, -0.1) is 0 Å². The van der Waals surface area contributed by atoms with E-state index in [1.807, 2.05) is 18.2 Å². The minimum atomic E-state index is -2.89. The summed E-state index contributed by atoms with van der Waals surface area (Å²) in [5.41, 5.74) is 2.36. The summed E-state index contributed by atoms with van der Waals surface area (Å²) in [4.78, 5) is 0. The molecule has 0 saturated carbocycles. The van der Waals surface area contributed by atoms with Gasteiger partial charge in [0.25, 0.3) is 0 Å². The van der Waals surface area contributed by atoms with E-state index in [0.717, 1.165) is 12.0 Å². The van der Waals surface area contributed by atoms with Gasteiger partial charge in [-0.05, 0) is 12.0 Å². The fourth-order valence-electron chi connectivity index (χ4n) is 2.47. The Balaban J connectivity index is 2.34. The average Bonchev–Trinajstić information content (AvgIpc) is 2.55. The zero-order valence-corrected chi connectivity index (χ0v) is 13.0. The molecule has 1 aliphatic heterocycles. The number of hydrogen-bond donors (Lipinski definition) is 0. The van der Waals surface area contributed by atoms with Crippen molar-refractivity contribution in [3.63, 3.8) is 0 Å². The van der Waals surface area contributed by atoms with E-state index in [4.69, 9.17) is 0 Å². The molecule has 0 amide bonds. The maximum atomic E-state index is 11.9. The number of hydrogen-bond acceptors (Lipinski definition) is 2. The van der Waals surface area contributed by atoms with Gasteiger partial charge in [-0.1, -0.05) is 60.7 Å². The lowest BCUT2D eigenvalue weighted by Gasteiger charge is -2.19. The van der Waals surface area contributed by atoms with E-state index < -0.39 is 17.9 Å². The Morgan fingerprint density at radius 1 is 1.06 bits per heavy atom. The largest absolute Gasteiger partial charge is 0.228 e. The van der Waals surface area contributed by atoms with Crippen LogP contribution in [-0.4, -0.2) is 28.0 Å². The zero-order chi connectivity index (χ0) is 13.4. The van der Waals surface area contributed by atoms with Gasteiger partial charge in [-0.3, -0.25) is 0 Å². The second-order valence-corrected chi connectivity index (χ2v) is 13.2. The van der Waals surface area contributed by atoms with Crippen LogP contribution in [0, 0.1) is 0 Å². The fraction of sp³-hybridized carbons (Fsp3) is 0.429. The zero-order valence-electron chi connectivity index (χ0n) is 11.2. The molecule has 1 heterocycles. The van der Waals surface area contributed by atoms with Gasteiger partial charge >= 0.3 is 0 Å². The van der Waals surface area contributed by atoms with E-state index >= 15 is 0 Å². The Bertz CT molecular complexity index is 566. The molecule has 0 bridgehead atoms. The molecule has 0 unspecified atom stereocenters. The van der Waals surface area contributed by atoms with Crippen molar-refractivity contribution in [2.45, 2.75) is 26.1 Å². The van der Waals surface area contributed by atoms with Gasteiger partial charge in [0.15, 0.2) is 9.84 Å². The van der Waals surface area contributed by atoms with Gasteiger partial charge in [-0.2, -0.15) is 0 Å². The van der Waals surface area contributed by atoms with Crippen molar-refractivity contribution < 1.29 is 8.42 Å². The predicted molar refractivity (Wildman–Crippen MR) is 79.2 cm³/mol. The molecule has 1 aromatic rings. The Morgan fingerprint density at radius 3 is 2.22 bits per heavy atom. The quantitative estimate of drug-likeness (QED) is 0.798. The average molecular weight is 280 g/mol. The molecular formula is C14H20O2SSi. The van der Waals surface area contributed by atoms with Crippen LogP contribution in [0.3, 0.4) is 0 Å². The summed E-state index contributed by atoms with van der Waals surface area (Å²) in [7, 11) is -4.42. The van der Waals surface area contributed by atoms with Crippen LogP contribution in [0.25, 0.3) is 0 Å². The third kappa shape index (κ3) is 3.12. The topological polar surface area (TPSA) is 34.1 Å². The summed E-state index contributed by atoms with van der Waals surface area (Å²) in [6.45, 7) is 6.69. The fourth-order valence-corrected chi connectivity index (χ4v) is 7.78. The molecule has 0 radical (unpaired) electrons. The first kappa shape index (κ1) is 13.6. The maximum absolute atomic E-state index is 11.9. The Hall–Kier alpha value is -0.873. The standard InChI is InChI=1S/C14H20O2SSi/c1-18(2,3)14-11-17(15,16)10-13(14)9-12-7-5-4-6-8-12/h4-8H,9-11H2,1-3H3. The van der Waals surface area contributed by atoms with Crippen LogP contribution in [0.5, 0.6) is 0 Å². The Morgan fingerprint density at radius 2 is 1.67 bits per heavy atom. The molecule has 0 aliphatic carbocycles. The second kappa shape index (κ2) is 4.66. The van der Waals surface area contributed by atoms with E-state index in [0.29, 0.717) is 5.75 Å². The first-order valence-electron chi connectivity index (χ1n) is 6.24. The van der Waals surface area contributed by atoms with Gasteiger partial charge in [0.05, 0.1) is 19.6 Å². The molecule has 0 N–H and O–H groups in total. The molecule has 4 heteroatoms. The molecular weight excluding hydrogens is 260 g/mol. The smallest absolute Gasteiger partial charge is 0.157 e. The summed E-state index contributed by atoms with van der Waals surface area (Å²) in [5.74, 6) is 0.562. The van der Waals surface area contributed by atoms with E-state index in [9.17, 15) is 8.42 Å². The van der Waals surface area contributed by atoms with Crippen LogP contribution in [0.1, 0.15) is 5.56 Å². The van der Waals surface area contributed by atoms with E-state index in [1.165, 1.54) is 10.8 Å². The minimum Gasteiger partial charge on any atom is -0.228 e. The van der Waals surface area contributed by atoms with Crippen molar-refractivity contribution >= 4 is 17.9 Å². The lowest BCUT2D eigenvalue weighted by atomic mass is 10.1. The third-order valence-electron chi connectivity index (χ3n) is 3.35. The summed E-state index contributed by atoms with van der Waals surface area (Å²) < 4.78 is 23.7. The predicted octanol–water partition coefficient (Wildman–Crippen LogP) is 2.83. The van der Waals surface area contributed by atoms with Crippen LogP contribution in [0.4, 0.5) is 0 Å². The number of sulfone groups is 1. The van der Waals surface area contributed by atoms with Gasteiger partial charge in [0.2, 0.25) is 0 Å². The van der Waals surface area contributed by atoms with Gasteiger partial charge in [-0.25, -0.2) is 8.42 Å². The normalized spacial score (nSPS) is 19.3. The van der Waals surface area contributed by atoms with Crippen molar-refractivity contribution in [2.24, 2.45) is 0 Å². The van der Waals surface area contributed by atoms with Crippen molar-refractivity contribution in [3.05, 3.63) is 46.7 Å². The summed E-state index contributed by atoms with van der Waals surface area (Å²) in [6.07, 6.45) is 0.791. The lowest BCUT2D eigenvalue weighted by Crippen LogP contribution is -2.27. The molecule has 0 aromatic heterocycles. The minimum absolute atomic E-state index is 0.265. The van der Waals surface area contributed by atoms with Crippen LogP contribution in [-0.2, 0) is 16.3 Å². The molecule has 0 spiro atoms. The van der Waals surface area contributed by atoms with Crippen LogP contribution < -0.4 is 0 Å². The molecule has 0 saturated heterocycles. The molecule has 18 heavy (non-hydrogen) atoms. The molecule has 2 nitrogen and oxygen atoms in total. The van der Waals surface area contributed by atoms with Crippen molar-refractivity contribution in [3.8, 4) is 0 Å². The molecule has 2 rings (SSSR count). The molecule has 1 aliphatic rings. The molecule has 98 valence electrons. The number of rotatable bonds is 3. The van der Waals surface area contributed by atoms with Crippen molar-refractivity contribution in [1.29, 1.82) is 0 Å². The highest BCUT2D eigenvalue weighted by Gasteiger charge is 2.34. The number of benzene rings is 1. The van der Waals surface area contributed by atoms with Crippen LogP contribution >= 0.6 is 0 Å². The summed E-state index contributed by atoms with van der Waals surface area (Å²) >= 11 is 0. The van der Waals surface area contributed by atoms with Crippen molar-refractivity contribution in [1.82, 2.24) is 0 Å². The highest BCUT2D eigenvalue weighted by molar-refractivity contribution is 7.92. The van der Waals surface area contributed by atoms with Gasteiger partial charge < -0.3 is 0 Å². The van der Waals surface area contributed by atoms with Crippen molar-refractivity contribution in [2.75, 3.05) is 11.5 Å². The third-order valence-corrected chi connectivity index (χ3v) is 7.46. The van der Waals surface area contributed by atoms with E-state index in [1.54, 1.807) is 0 Å². The highest BCUT2D eigenvalue weighted by atomic mass is 32.2. The lowest BCUT2D eigenvalue weighted by molar-refractivity contribution is 0.602. The Labute approximate surface area is 111 Å². The monoisotopic (exact) mass is 280 g/mol. The second-order valence-electron chi connectivity index (χ2n) is 6.03. The van der Waals surface area contributed by atoms with E-state index in [-0.39, 0.29) is 5.75 Å². The molecule has 1 aromatic carbocycles. The molecule has 0 atom stereocenters. The van der Waals surface area contributed by atoms with Crippen LogP contribution in [0.2, 0.25) is 19.6 Å². The molecule has 0 fully saturated rings. The first-order chi connectivity index (χ1) is 8.28. The SMILES string of the molecule is C[Si](C)(C)C1=C(Cc2ccccc2)CS(=O)(=O)C1. The summed E-state index contributed by atoms with van der Waals surface area (Å²) in [6, 6.07) is 10.1. The van der Waals surface area contributed by atoms with E-state index in [2.05, 4.69) is 31.8 Å². The Kier molecular flexibility index (Phi) is 3.51. The maximum Gasteiger partial charge on any atom is 0.157 e.